The number of benzene rings is 2. The van der Waals surface area contributed by atoms with Crippen LogP contribution in [-0.4, -0.2) is 42.9 Å². The molecule has 1 N–H and O–H groups in total. The lowest BCUT2D eigenvalue weighted by atomic mass is 9.92. The third-order valence-corrected chi connectivity index (χ3v) is 5.26. The summed E-state index contributed by atoms with van der Waals surface area (Å²) in [7, 11) is 1.38. The van der Waals surface area contributed by atoms with Crippen molar-refractivity contribution in [2.45, 2.75) is 19.1 Å². The molecule has 2 heterocycles. The van der Waals surface area contributed by atoms with Crippen molar-refractivity contribution in [3.63, 3.8) is 0 Å². The Bertz CT molecular complexity index is 1310. The summed E-state index contributed by atoms with van der Waals surface area (Å²) in [6.07, 6.45) is 2.59. The number of alkyl halides is 2. The molecule has 1 unspecified atom stereocenters. The molecule has 1 aliphatic rings. The first-order valence-electron chi connectivity index (χ1n) is 10.4. The number of hydrogen-bond acceptors (Lipinski definition) is 8. The first-order valence-corrected chi connectivity index (χ1v) is 10.4. The molecule has 3 aromatic rings. The van der Waals surface area contributed by atoms with Crippen LogP contribution < -0.4 is 19.5 Å². The van der Waals surface area contributed by atoms with Gasteiger partial charge in [-0.2, -0.15) is 13.9 Å². The smallest absolute Gasteiger partial charge is 0.387 e. The highest BCUT2D eigenvalue weighted by Gasteiger charge is 2.49. The van der Waals surface area contributed by atoms with Crippen molar-refractivity contribution < 1.29 is 41.8 Å². The number of carbonyl (C=O) groups excluding carboxylic acids is 3. The van der Waals surface area contributed by atoms with Crippen LogP contribution in [0.1, 0.15) is 28.6 Å². The van der Waals surface area contributed by atoms with Crippen molar-refractivity contribution >= 4 is 24.1 Å². The molecule has 3 amide bonds. The van der Waals surface area contributed by atoms with Crippen LogP contribution in [-0.2, 0) is 10.3 Å². The molecule has 36 heavy (non-hydrogen) atoms. The lowest BCUT2D eigenvalue weighted by Crippen LogP contribution is -2.40. The Labute approximate surface area is 203 Å². The Morgan fingerprint density at radius 2 is 1.89 bits per heavy atom. The fourth-order valence-corrected chi connectivity index (χ4v) is 3.41. The number of ether oxygens (including phenoxy) is 3. The van der Waals surface area contributed by atoms with Crippen LogP contribution in [0.15, 0.2) is 70.4 Å². The number of halogens is 2. The zero-order chi connectivity index (χ0) is 25.9. The second kappa shape index (κ2) is 9.86. The van der Waals surface area contributed by atoms with Gasteiger partial charge in [-0.1, -0.05) is 12.1 Å². The number of nitrogens with zero attached hydrogens (tertiary/aromatic N) is 2. The maximum absolute atomic E-state index is 13.0. The number of hydrogen-bond donors (Lipinski definition) is 1. The van der Waals surface area contributed by atoms with Crippen LogP contribution in [0.5, 0.6) is 17.2 Å². The summed E-state index contributed by atoms with van der Waals surface area (Å²) in [6, 6.07) is 12.0. The van der Waals surface area contributed by atoms with Crippen LogP contribution in [0.2, 0.25) is 0 Å². The molecule has 0 aliphatic carbocycles. The summed E-state index contributed by atoms with van der Waals surface area (Å²) in [5.41, 5.74) is -0.684. The molecule has 0 spiro atoms. The third-order valence-electron chi connectivity index (χ3n) is 5.26. The molecule has 1 fully saturated rings. The highest BCUT2D eigenvalue weighted by Crippen LogP contribution is 2.31. The molecule has 1 aromatic heterocycles. The molecule has 4 rings (SSSR count). The van der Waals surface area contributed by atoms with E-state index in [4.69, 9.17) is 13.9 Å². The minimum atomic E-state index is -2.99. The molecule has 12 heteroatoms. The van der Waals surface area contributed by atoms with Crippen LogP contribution in [0.4, 0.5) is 13.6 Å². The van der Waals surface area contributed by atoms with E-state index in [1.54, 1.807) is 6.07 Å². The first-order chi connectivity index (χ1) is 17.2. The maximum atomic E-state index is 13.0. The lowest BCUT2D eigenvalue weighted by molar-refractivity contribution is -0.131. The zero-order valence-electron chi connectivity index (χ0n) is 18.9. The van der Waals surface area contributed by atoms with Crippen LogP contribution in [0, 0.1) is 0 Å². The number of esters is 1. The van der Waals surface area contributed by atoms with Crippen molar-refractivity contribution in [1.82, 2.24) is 10.3 Å². The van der Waals surface area contributed by atoms with Crippen molar-refractivity contribution in [1.29, 1.82) is 0 Å². The molecule has 1 saturated heterocycles. The molecule has 10 nitrogen and oxygen atoms in total. The number of furan rings is 1. The Morgan fingerprint density at radius 1 is 1.14 bits per heavy atom. The van der Waals surface area contributed by atoms with Gasteiger partial charge < -0.3 is 23.9 Å². The topological polar surface area (TPSA) is 120 Å². The highest BCUT2D eigenvalue weighted by molar-refractivity contribution is 6.07. The molecule has 0 radical (unpaired) electrons. The maximum Gasteiger partial charge on any atom is 0.387 e. The van der Waals surface area contributed by atoms with Gasteiger partial charge in [0.15, 0.2) is 11.5 Å². The van der Waals surface area contributed by atoms with Crippen LogP contribution >= 0.6 is 0 Å². The summed E-state index contributed by atoms with van der Waals surface area (Å²) in [4.78, 5) is 37.6. The van der Waals surface area contributed by atoms with Gasteiger partial charge in [0, 0.05) is 0 Å². The summed E-state index contributed by atoms with van der Waals surface area (Å²) in [6.45, 7) is -1.52. The van der Waals surface area contributed by atoms with E-state index in [0.717, 1.165) is 0 Å². The van der Waals surface area contributed by atoms with Gasteiger partial charge in [-0.3, -0.25) is 4.79 Å². The van der Waals surface area contributed by atoms with Crippen LogP contribution in [0.25, 0.3) is 0 Å². The molecule has 186 valence electrons. The second-order valence-corrected chi connectivity index (χ2v) is 7.60. The lowest BCUT2D eigenvalue weighted by Gasteiger charge is -2.21. The summed E-state index contributed by atoms with van der Waals surface area (Å²) in [5, 5.41) is 7.19. The minimum absolute atomic E-state index is 0.0143. The standard InChI is InChI=1S/C24H19F2N3O7/c1-24(15-6-8-16(9-7-15)35-22(25)26)21(31)29(23(32)28-24)27-13-14-5-10-17(19(12-14)33-2)36-20(30)18-4-3-11-34-18/h3-13,22H,1-2H3,(H,28,32). The van der Waals surface area contributed by atoms with Gasteiger partial charge in [0.1, 0.15) is 11.3 Å². The van der Waals surface area contributed by atoms with E-state index in [0.29, 0.717) is 16.1 Å². The van der Waals surface area contributed by atoms with Gasteiger partial charge in [0.2, 0.25) is 5.76 Å². The average molecular weight is 499 g/mol. The van der Waals surface area contributed by atoms with Gasteiger partial charge in [-0.15, -0.1) is 5.01 Å². The van der Waals surface area contributed by atoms with Crippen molar-refractivity contribution in [3.8, 4) is 17.2 Å². The molecular formula is C24H19F2N3O7. The van der Waals surface area contributed by atoms with E-state index >= 15 is 0 Å². The van der Waals surface area contributed by atoms with E-state index in [9.17, 15) is 23.2 Å². The van der Waals surface area contributed by atoms with Gasteiger partial charge in [-0.25, -0.2) is 9.59 Å². The van der Waals surface area contributed by atoms with Gasteiger partial charge in [0.25, 0.3) is 5.91 Å². The number of amides is 3. The number of urea groups is 1. The van der Waals surface area contributed by atoms with E-state index in [2.05, 4.69) is 15.2 Å². The quantitative estimate of drug-likeness (QED) is 0.216. The number of imide groups is 1. The molecule has 1 aliphatic heterocycles. The molecule has 0 bridgehead atoms. The van der Waals surface area contributed by atoms with Gasteiger partial charge >= 0.3 is 18.6 Å². The summed E-state index contributed by atoms with van der Waals surface area (Å²) in [5.74, 6) is -1.14. The average Bonchev–Trinajstić information content (AvgIpc) is 3.46. The third kappa shape index (κ3) is 4.87. The Kier molecular flexibility index (Phi) is 6.68. The molecule has 1 atom stereocenters. The van der Waals surface area contributed by atoms with E-state index in [-0.39, 0.29) is 23.0 Å². The number of nitrogens with one attached hydrogen (secondary N) is 1. The van der Waals surface area contributed by atoms with Crippen molar-refractivity contribution in [2.75, 3.05) is 7.11 Å². The number of carbonyl (C=O) groups is 3. The van der Waals surface area contributed by atoms with E-state index in [1.165, 1.54) is 75.0 Å². The van der Waals surface area contributed by atoms with Crippen molar-refractivity contribution in [3.05, 3.63) is 77.7 Å². The molecular weight excluding hydrogens is 480 g/mol. The van der Waals surface area contributed by atoms with E-state index < -0.39 is 30.1 Å². The van der Waals surface area contributed by atoms with Gasteiger partial charge in [0.05, 0.1) is 19.6 Å². The minimum Gasteiger partial charge on any atom is -0.493 e. The van der Waals surface area contributed by atoms with Crippen molar-refractivity contribution in [2.24, 2.45) is 5.10 Å². The Morgan fingerprint density at radius 3 is 2.53 bits per heavy atom. The predicted octanol–water partition coefficient (Wildman–Crippen LogP) is 3.91. The monoisotopic (exact) mass is 499 g/mol. The first kappa shape index (κ1) is 24.4. The Balaban J connectivity index is 1.49. The number of rotatable bonds is 8. The Hall–Kier alpha value is -4.74. The highest BCUT2D eigenvalue weighted by atomic mass is 19.3. The largest absolute Gasteiger partial charge is 0.493 e. The predicted molar refractivity (Wildman–Crippen MR) is 120 cm³/mol. The summed E-state index contributed by atoms with van der Waals surface area (Å²) >= 11 is 0. The molecule has 0 saturated carbocycles. The molecule has 2 aromatic carbocycles. The number of methoxy groups -OCH3 is 1. The van der Waals surface area contributed by atoms with E-state index in [1.807, 2.05) is 0 Å². The second-order valence-electron chi connectivity index (χ2n) is 7.60. The zero-order valence-corrected chi connectivity index (χ0v) is 18.9. The van der Waals surface area contributed by atoms with Gasteiger partial charge in [-0.05, 0) is 60.5 Å². The number of hydrazone groups is 1. The SMILES string of the molecule is COc1cc(C=NN2C(=O)NC(C)(c3ccc(OC(F)F)cc3)C2=O)ccc1OC(=O)c1ccco1. The fourth-order valence-electron chi connectivity index (χ4n) is 3.41. The fraction of sp³-hybridized carbons (Fsp3) is 0.167. The summed E-state index contributed by atoms with van der Waals surface area (Å²) < 4.78 is 44.6. The normalized spacial score (nSPS) is 17.5. The van der Waals surface area contributed by atoms with Crippen LogP contribution in [0.3, 0.4) is 0 Å².